The van der Waals surface area contributed by atoms with Crippen LogP contribution >= 0.6 is 0 Å². The van der Waals surface area contributed by atoms with Gasteiger partial charge >= 0.3 is 0 Å². The van der Waals surface area contributed by atoms with Crippen LogP contribution in [-0.4, -0.2) is 30.6 Å². The molecular weight excluding hydrogens is 234 g/mol. The molecule has 0 saturated carbocycles. The van der Waals surface area contributed by atoms with Crippen molar-refractivity contribution in [2.24, 2.45) is 0 Å². The van der Waals surface area contributed by atoms with Gasteiger partial charge in [0.1, 0.15) is 11.6 Å². The fourth-order valence-electron chi connectivity index (χ4n) is 2.50. The lowest BCUT2D eigenvalue weighted by Crippen LogP contribution is -2.50. The Hall–Kier alpha value is -1.00. The Balaban J connectivity index is 2.06. The maximum Gasteiger partial charge on any atom is 0.130 e. The summed E-state index contributed by atoms with van der Waals surface area (Å²) in [6, 6.07) is 4.30. The highest BCUT2D eigenvalue weighted by Gasteiger charge is 2.22. The molecule has 1 unspecified atom stereocenters. The van der Waals surface area contributed by atoms with Crippen molar-refractivity contribution < 1.29 is 8.78 Å². The zero-order chi connectivity index (χ0) is 13.0. The van der Waals surface area contributed by atoms with Gasteiger partial charge in [0.2, 0.25) is 0 Å². The molecule has 2 nitrogen and oxygen atoms in total. The van der Waals surface area contributed by atoms with Crippen LogP contribution in [0.1, 0.15) is 25.3 Å². The Morgan fingerprint density at radius 3 is 2.94 bits per heavy atom. The molecule has 1 aliphatic rings. The van der Waals surface area contributed by atoms with Crippen LogP contribution in [0.2, 0.25) is 0 Å². The quantitative estimate of drug-likeness (QED) is 0.888. The third kappa shape index (κ3) is 3.27. The number of nitrogens with zero attached hydrogens (tertiary/aromatic N) is 1. The Bertz CT molecular complexity index is 393. The second kappa shape index (κ2) is 6.25. The van der Waals surface area contributed by atoms with Crippen LogP contribution in [0.4, 0.5) is 8.78 Å². The fraction of sp³-hybridized carbons (Fsp3) is 0.571. The van der Waals surface area contributed by atoms with Gasteiger partial charge in [0.25, 0.3) is 0 Å². The van der Waals surface area contributed by atoms with E-state index in [0.717, 1.165) is 38.5 Å². The smallest absolute Gasteiger partial charge is 0.130 e. The average Bonchev–Trinajstić information content (AvgIpc) is 2.35. The van der Waals surface area contributed by atoms with Gasteiger partial charge in [-0.05, 0) is 12.5 Å². The summed E-state index contributed by atoms with van der Waals surface area (Å²) >= 11 is 0. The summed E-state index contributed by atoms with van der Waals surface area (Å²) in [4.78, 5) is 2.29. The minimum absolute atomic E-state index is 0.441. The summed E-state index contributed by atoms with van der Waals surface area (Å²) in [5.74, 6) is -0.953. The average molecular weight is 254 g/mol. The van der Waals surface area contributed by atoms with Gasteiger partial charge in [-0.2, -0.15) is 0 Å². The van der Waals surface area contributed by atoms with E-state index < -0.39 is 11.6 Å². The lowest BCUT2D eigenvalue weighted by molar-refractivity contribution is 0.142. The highest BCUT2D eigenvalue weighted by atomic mass is 19.1. The molecule has 1 atom stereocenters. The molecule has 0 aliphatic carbocycles. The summed E-state index contributed by atoms with van der Waals surface area (Å²) in [5.41, 5.74) is 0.583. The van der Waals surface area contributed by atoms with E-state index in [0.29, 0.717) is 18.2 Å². The first-order valence-electron chi connectivity index (χ1n) is 6.59. The van der Waals surface area contributed by atoms with Gasteiger partial charge < -0.3 is 5.32 Å². The Kier molecular flexibility index (Phi) is 4.66. The van der Waals surface area contributed by atoms with Gasteiger partial charge in [0.15, 0.2) is 0 Å². The van der Waals surface area contributed by atoms with Gasteiger partial charge in [0, 0.05) is 43.9 Å². The molecule has 1 aromatic rings. The van der Waals surface area contributed by atoms with E-state index in [1.54, 1.807) is 6.07 Å². The van der Waals surface area contributed by atoms with Gasteiger partial charge in [-0.1, -0.05) is 19.4 Å². The standard InChI is InChI=1S/C14H20F2N2/c1-2-3-13-9-17-6-7-18(13)10-11-4-5-12(15)8-14(11)16/h4-5,8,13,17H,2-3,6-7,9-10H2,1H3. The van der Waals surface area contributed by atoms with Crippen molar-refractivity contribution in [1.82, 2.24) is 10.2 Å². The Morgan fingerprint density at radius 2 is 2.22 bits per heavy atom. The maximum absolute atomic E-state index is 13.6. The molecule has 0 bridgehead atoms. The number of rotatable bonds is 4. The van der Waals surface area contributed by atoms with Gasteiger partial charge in [0.05, 0.1) is 0 Å². The highest BCUT2D eigenvalue weighted by Crippen LogP contribution is 2.17. The lowest BCUT2D eigenvalue weighted by Gasteiger charge is -2.36. The van der Waals surface area contributed by atoms with E-state index in [2.05, 4.69) is 17.1 Å². The van der Waals surface area contributed by atoms with Crippen LogP contribution in [-0.2, 0) is 6.54 Å². The van der Waals surface area contributed by atoms with E-state index in [1.165, 1.54) is 6.07 Å². The molecule has 1 heterocycles. The third-order valence-corrected chi connectivity index (χ3v) is 3.48. The molecular formula is C14H20F2N2. The summed E-state index contributed by atoms with van der Waals surface area (Å²) in [7, 11) is 0. The molecule has 1 N–H and O–H groups in total. The summed E-state index contributed by atoms with van der Waals surface area (Å²) < 4.78 is 26.5. The largest absolute Gasteiger partial charge is 0.314 e. The van der Waals surface area contributed by atoms with Crippen LogP contribution in [0.15, 0.2) is 18.2 Å². The monoisotopic (exact) mass is 254 g/mol. The summed E-state index contributed by atoms with van der Waals surface area (Å²) in [5, 5.41) is 3.36. The number of halogens is 2. The molecule has 1 aliphatic heterocycles. The van der Waals surface area contributed by atoms with Gasteiger partial charge in [-0.25, -0.2) is 8.78 Å². The molecule has 0 radical (unpaired) electrons. The van der Waals surface area contributed by atoms with Crippen molar-refractivity contribution in [3.8, 4) is 0 Å². The molecule has 1 saturated heterocycles. The van der Waals surface area contributed by atoms with Crippen LogP contribution in [0.5, 0.6) is 0 Å². The van der Waals surface area contributed by atoms with Crippen LogP contribution in [0.25, 0.3) is 0 Å². The molecule has 18 heavy (non-hydrogen) atoms. The maximum atomic E-state index is 13.6. The molecule has 2 rings (SSSR count). The Morgan fingerprint density at radius 1 is 1.39 bits per heavy atom. The molecule has 0 spiro atoms. The zero-order valence-corrected chi connectivity index (χ0v) is 10.8. The SMILES string of the molecule is CCCC1CNCCN1Cc1ccc(F)cc1F. The van der Waals surface area contributed by atoms with E-state index in [9.17, 15) is 8.78 Å². The molecule has 1 fully saturated rings. The first-order valence-corrected chi connectivity index (χ1v) is 6.59. The van der Waals surface area contributed by atoms with Crippen molar-refractivity contribution in [3.63, 3.8) is 0 Å². The molecule has 4 heteroatoms. The van der Waals surface area contributed by atoms with Gasteiger partial charge in [-0.15, -0.1) is 0 Å². The minimum Gasteiger partial charge on any atom is -0.314 e. The summed E-state index contributed by atoms with van der Waals surface area (Å²) in [6.07, 6.45) is 2.23. The van der Waals surface area contributed by atoms with Crippen molar-refractivity contribution >= 4 is 0 Å². The normalized spacial score (nSPS) is 21.2. The van der Waals surface area contributed by atoms with Crippen molar-refractivity contribution in [1.29, 1.82) is 0 Å². The number of hydrogen-bond acceptors (Lipinski definition) is 2. The third-order valence-electron chi connectivity index (χ3n) is 3.48. The second-order valence-electron chi connectivity index (χ2n) is 4.85. The van der Waals surface area contributed by atoms with Crippen molar-refractivity contribution in [2.45, 2.75) is 32.4 Å². The van der Waals surface area contributed by atoms with Crippen LogP contribution < -0.4 is 5.32 Å². The van der Waals surface area contributed by atoms with Crippen LogP contribution in [0, 0.1) is 11.6 Å². The number of hydrogen-bond donors (Lipinski definition) is 1. The number of piperazine rings is 1. The second-order valence-corrected chi connectivity index (χ2v) is 4.85. The van der Waals surface area contributed by atoms with E-state index >= 15 is 0 Å². The van der Waals surface area contributed by atoms with Crippen molar-refractivity contribution in [2.75, 3.05) is 19.6 Å². The zero-order valence-electron chi connectivity index (χ0n) is 10.8. The molecule has 0 aromatic heterocycles. The first kappa shape index (κ1) is 13.4. The number of benzene rings is 1. The topological polar surface area (TPSA) is 15.3 Å². The first-order chi connectivity index (χ1) is 8.70. The molecule has 0 amide bonds. The van der Waals surface area contributed by atoms with E-state index in [-0.39, 0.29) is 0 Å². The Labute approximate surface area is 107 Å². The number of nitrogens with one attached hydrogen (secondary N) is 1. The lowest BCUT2D eigenvalue weighted by atomic mass is 10.1. The van der Waals surface area contributed by atoms with E-state index in [1.807, 2.05) is 0 Å². The fourth-order valence-corrected chi connectivity index (χ4v) is 2.50. The molecule has 100 valence electrons. The van der Waals surface area contributed by atoms with Gasteiger partial charge in [-0.3, -0.25) is 4.90 Å². The van der Waals surface area contributed by atoms with Crippen molar-refractivity contribution in [3.05, 3.63) is 35.4 Å². The predicted molar refractivity (Wildman–Crippen MR) is 68.3 cm³/mol. The van der Waals surface area contributed by atoms with Crippen LogP contribution in [0.3, 0.4) is 0 Å². The molecule has 1 aromatic carbocycles. The predicted octanol–water partition coefficient (Wildman–Crippen LogP) is 2.54. The summed E-state index contributed by atoms with van der Waals surface area (Å²) in [6.45, 7) is 5.53. The minimum atomic E-state index is -0.512. The highest BCUT2D eigenvalue weighted by molar-refractivity contribution is 5.18. The van der Waals surface area contributed by atoms with E-state index in [4.69, 9.17) is 0 Å².